The van der Waals surface area contributed by atoms with Gasteiger partial charge in [-0.15, -0.1) is 0 Å². The number of carbonyl (C=O) groups excluding carboxylic acids is 1. The molecule has 0 saturated heterocycles. The van der Waals surface area contributed by atoms with E-state index in [4.69, 9.17) is 10.5 Å². The summed E-state index contributed by atoms with van der Waals surface area (Å²) in [4.78, 5) is 11.4. The molecule has 20 heavy (non-hydrogen) atoms. The zero-order valence-corrected chi connectivity index (χ0v) is 11.8. The van der Waals surface area contributed by atoms with Crippen LogP contribution in [0.5, 0.6) is 11.5 Å². The summed E-state index contributed by atoms with van der Waals surface area (Å²) < 4.78 is 10.4. The van der Waals surface area contributed by atoms with Crippen LogP contribution in [0.3, 0.4) is 0 Å². The second-order valence-electron chi connectivity index (χ2n) is 4.59. The van der Waals surface area contributed by atoms with Crippen molar-refractivity contribution in [1.29, 1.82) is 0 Å². The highest BCUT2D eigenvalue weighted by molar-refractivity contribution is 5.90. The lowest BCUT2D eigenvalue weighted by Crippen LogP contribution is -2.02. The number of anilines is 1. The molecule has 4 nitrogen and oxygen atoms in total. The Bertz CT molecular complexity index is 650. The molecular formula is C16H17NO3. The van der Waals surface area contributed by atoms with Gasteiger partial charge < -0.3 is 15.2 Å². The van der Waals surface area contributed by atoms with Gasteiger partial charge in [0.1, 0.15) is 11.5 Å². The molecule has 0 bridgehead atoms. The Kier molecular flexibility index (Phi) is 3.94. The normalized spacial score (nSPS) is 10.2. The van der Waals surface area contributed by atoms with Gasteiger partial charge in [0.15, 0.2) is 0 Å². The molecule has 2 rings (SSSR count). The summed E-state index contributed by atoms with van der Waals surface area (Å²) >= 11 is 0. The molecule has 2 N–H and O–H groups in total. The Labute approximate surface area is 118 Å². The maximum absolute atomic E-state index is 11.4. The molecule has 0 saturated carbocycles. The first-order chi connectivity index (χ1) is 9.51. The van der Waals surface area contributed by atoms with Crippen molar-refractivity contribution in [2.45, 2.75) is 13.8 Å². The lowest BCUT2D eigenvalue weighted by molar-refractivity contribution is 0.0601. The van der Waals surface area contributed by atoms with E-state index in [9.17, 15) is 4.79 Å². The number of aryl methyl sites for hydroxylation is 2. The van der Waals surface area contributed by atoms with Crippen molar-refractivity contribution in [2.24, 2.45) is 0 Å². The molecule has 0 aliphatic heterocycles. The van der Waals surface area contributed by atoms with Gasteiger partial charge in [0, 0.05) is 0 Å². The van der Waals surface area contributed by atoms with Crippen molar-refractivity contribution >= 4 is 11.7 Å². The van der Waals surface area contributed by atoms with Crippen LogP contribution in [0, 0.1) is 13.8 Å². The molecule has 0 aliphatic rings. The first-order valence-corrected chi connectivity index (χ1v) is 6.24. The monoisotopic (exact) mass is 271 g/mol. The predicted octanol–water partition coefficient (Wildman–Crippen LogP) is 3.46. The Balaban J connectivity index is 2.25. The van der Waals surface area contributed by atoms with Crippen molar-refractivity contribution in [3.8, 4) is 11.5 Å². The molecule has 0 unspecified atom stereocenters. The van der Waals surface area contributed by atoms with Crippen molar-refractivity contribution in [1.82, 2.24) is 0 Å². The van der Waals surface area contributed by atoms with Crippen LogP contribution in [0.1, 0.15) is 21.5 Å². The number of rotatable bonds is 3. The van der Waals surface area contributed by atoms with Gasteiger partial charge in [0.05, 0.1) is 18.4 Å². The highest BCUT2D eigenvalue weighted by Crippen LogP contribution is 2.29. The number of ether oxygens (including phenoxy) is 2. The number of hydrogen-bond donors (Lipinski definition) is 1. The summed E-state index contributed by atoms with van der Waals surface area (Å²) in [5, 5.41) is 0. The highest BCUT2D eigenvalue weighted by Gasteiger charge is 2.09. The van der Waals surface area contributed by atoms with Gasteiger partial charge in [-0.05, 0) is 55.3 Å². The summed E-state index contributed by atoms with van der Waals surface area (Å²) in [6.07, 6.45) is 0. The largest absolute Gasteiger partial charge is 0.465 e. The number of nitrogens with two attached hydrogens (primary N) is 1. The summed E-state index contributed by atoms with van der Waals surface area (Å²) in [6.45, 7) is 4.06. The fourth-order valence-electron chi connectivity index (χ4n) is 1.79. The molecule has 2 aromatic rings. The van der Waals surface area contributed by atoms with Gasteiger partial charge in [0.2, 0.25) is 0 Å². The molecule has 0 amide bonds. The fraction of sp³-hybridized carbons (Fsp3) is 0.188. The van der Waals surface area contributed by atoms with E-state index >= 15 is 0 Å². The molecule has 0 aliphatic carbocycles. The maximum Gasteiger partial charge on any atom is 0.337 e. The third kappa shape index (κ3) is 2.91. The molecule has 2 aromatic carbocycles. The fourth-order valence-corrected chi connectivity index (χ4v) is 1.79. The number of nitrogen functional groups attached to an aromatic ring is 1. The van der Waals surface area contributed by atoms with Crippen LogP contribution in [0.4, 0.5) is 5.69 Å². The summed E-state index contributed by atoms with van der Waals surface area (Å²) in [6, 6.07) is 10.7. The van der Waals surface area contributed by atoms with Crippen LogP contribution in [0.2, 0.25) is 0 Å². The highest BCUT2D eigenvalue weighted by atomic mass is 16.5. The van der Waals surface area contributed by atoms with E-state index < -0.39 is 5.97 Å². The van der Waals surface area contributed by atoms with Crippen LogP contribution in [0.15, 0.2) is 36.4 Å². The van der Waals surface area contributed by atoms with Crippen LogP contribution >= 0.6 is 0 Å². The number of carbonyl (C=O) groups is 1. The van der Waals surface area contributed by atoms with E-state index in [1.54, 1.807) is 18.2 Å². The zero-order valence-electron chi connectivity index (χ0n) is 11.8. The molecule has 0 fully saturated rings. The van der Waals surface area contributed by atoms with Gasteiger partial charge in [0.25, 0.3) is 0 Å². The van der Waals surface area contributed by atoms with E-state index in [1.165, 1.54) is 12.7 Å². The number of hydrogen-bond acceptors (Lipinski definition) is 4. The lowest BCUT2D eigenvalue weighted by atomic mass is 10.1. The molecule has 0 radical (unpaired) electrons. The summed E-state index contributed by atoms with van der Waals surface area (Å²) in [5.74, 6) is 0.806. The lowest BCUT2D eigenvalue weighted by Gasteiger charge is -2.11. The Hall–Kier alpha value is -2.49. The standard InChI is InChI=1S/C16H17NO3/c1-10-4-6-13(8-11(10)2)20-15-7-5-12(9-14(15)17)16(18)19-3/h4-9H,17H2,1-3H3. The van der Waals surface area contributed by atoms with Crippen LogP contribution in [-0.2, 0) is 4.74 Å². The summed E-state index contributed by atoms with van der Waals surface area (Å²) in [5.41, 5.74) is 9.04. The van der Waals surface area contributed by atoms with Gasteiger partial charge in [-0.1, -0.05) is 6.07 Å². The second-order valence-corrected chi connectivity index (χ2v) is 4.59. The van der Waals surface area contributed by atoms with Crippen molar-refractivity contribution in [3.63, 3.8) is 0 Å². The smallest absolute Gasteiger partial charge is 0.337 e. The number of esters is 1. The molecular weight excluding hydrogens is 254 g/mol. The van der Waals surface area contributed by atoms with Gasteiger partial charge in [-0.25, -0.2) is 4.79 Å². The van der Waals surface area contributed by atoms with Gasteiger partial charge in [-0.2, -0.15) is 0 Å². The topological polar surface area (TPSA) is 61.5 Å². The van der Waals surface area contributed by atoms with Crippen molar-refractivity contribution in [2.75, 3.05) is 12.8 Å². The maximum atomic E-state index is 11.4. The van der Waals surface area contributed by atoms with E-state index in [0.29, 0.717) is 22.7 Å². The van der Waals surface area contributed by atoms with Crippen LogP contribution in [0.25, 0.3) is 0 Å². The minimum atomic E-state index is -0.422. The average molecular weight is 271 g/mol. The third-order valence-electron chi connectivity index (χ3n) is 3.14. The number of methoxy groups -OCH3 is 1. The van der Waals surface area contributed by atoms with Gasteiger partial charge >= 0.3 is 5.97 Å². The van der Waals surface area contributed by atoms with Gasteiger partial charge in [-0.3, -0.25) is 0 Å². The van der Waals surface area contributed by atoms with E-state index in [2.05, 4.69) is 4.74 Å². The number of benzene rings is 2. The quantitative estimate of drug-likeness (QED) is 0.686. The first-order valence-electron chi connectivity index (χ1n) is 6.24. The second kappa shape index (κ2) is 5.65. The minimum Gasteiger partial charge on any atom is -0.465 e. The van der Waals surface area contributed by atoms with Crippen molar-refractivity contribution < 1.29 is 14.3 Å². The van der Waals surface area contributed by atoms with Crippen LogP contribution < -0.4 is 10.5 Å². The Morgan fingerprint density at radius 1 is 1.05 bits per heavy atom. The molecule has 0 aromatic heterocycles. The van der Waals surface area contributed by atoms with E-state index in [0.717, 1.165) is 5.56 Å². The molecule has 0 atom stereocenters. The Morgan fingerprint density at radius 2 is 1.80 bits per heavy atom. The molecule has 104 valence electrons. The molecule has 0 spiro atoms. The minimum absolute atomic E-state index is 0.395. The SMILES string of the molecule is COC(=O)c1ccc(Oc2ccc(C)c(C)c2)c(N)c1. The third-order valence-corrected chi connectivity index (χ3v) is 3.14. The van der Waals surface area contributed by atoms with Crippen LogP contribution in [-0.4, -0.2) is 13.1 Å². The van der Waals surface area contributed by atoms with E-state index in [-0.39, 0.29) is 0 Å². The predicted molar refractivity (Wildman–Crippen MR) is 78.2 cm³/mol. The van der Waals surface area contributed by atoms with E-state index in [1.807, 2.05) is 32.0 Å². The zero-order chi connectivity index (χ0) is 14.7. The van der Waals surface area contributed by atoms with Crippen molar-refractivity contribution in [3.05, 3.63) is 53.1 Å². The summed E-state index contributed by atoms with van der Waals surface area (Å²) in [7, 11) is 1.33. The first kappa shape index (κ1) is 13.9. The Morgan fingerprint density at radius 3 is 2.40 bits per heavy atom. The average Bonchev–Trinajstić information content (AvgIpc) is 2.44. The molecule has 0 heterocycles. The molecule has 4 heteroatoms.